The number of morpholine rings is 1. The normalized spacial score (nSPS) is 14.4. The van der Waals surface area contributed by atoms with E-state index in [0.717, 1.165) is 54.1 Å². The number of nitrogens with one attached hydrogen (secondary N) is 1. The van der Waals surface area contributed by atoms with Gasteiger partial charge in [0, 0.05) is 25.0 Å². The maximum atomic E-state index is 12.4. The van der Waals surface area contributed by atoms with Crippen LogP contribution >= 0.6 is 11.3 Å². The van der Waals surface area contributed by atoms with Crippen LogP contribution in [0.15, 0.2) is 17.6 Å². The molecule has 0 aliphatic carbocycles. The van der Waals surface area contributed by atoms with Gasteiger partial charge < -0.3 is 19.9 Å². The summed E-state index contributed by atoms with van der Waals surface area (Å²) in [4.78, 5) is 26.2. The molecule has 2 aromatic rings. The molecule has 1 fully saturated rings. The first kappa shape index (κ1) is 17.6. The maximum absolute atomic E-state index is 12.4. The summed E-state index contributed by atoms with van der Waals surface area (Å²) in [6.07, 6.45) is 0. The molecule has 1 aliphatic rings. The summed E-state index contributed by atoms with van der Waals surface area (Å²) in [5.74, 6) is 0.924. The topological polar surface area (TPSA) is 70.6 Å². The second-order valence-corrected chi connectivity index (χ2v) is 6.99. The number of thiazole rings is 1. The van der Waals surface area contributed by atoms with E-state index in [1.165, 1.54) is 0 Å². The SMILES string of the molecule is Cc1nc(N2CCOCC2)ccc1NC(=O)N(C)Cc1scnc1C. The van der Waals surface area contributed by atoms with Crippen molar-refractivity contribution in [3.63, 3.8) is 0 Å². The summed E-state index contributed by atoms with van der Waals surface area (Å²) < 4.78 is 5.37. The van der Waals surface area contributed by atoms with E-state index in [1.54, 1.807) is 28.8 Å². The van der Waals surface area contributed by atoms with E-state index in [9.17, 15) is 4.79 Å². The number of ether oxygens (including phenoxy) is 1. The monoisotopic (exact) mass is 361 g/mol. The van der Waals surface area contributed by atoms with Crippen LogP contribution in [0.1, 0.15) is 16.3 Å². The smallest absolute Gasteiger partial charge is 0.321 e. The number of carbonyl (C=O) groups excluding carboxylic acids is 1. The fourth-order valence-corrected chi connectivity index (χ4v) is 3.45. The zero-order chi connectivity index (χ0) is 17.8. The molecule has 1 saturated heterocycles. The largest absolute Gasteiger partial charge is 0.378 e. The van der Waals surface area contributed by atoms with Crippen molar-refractivity contribution in [3.05, 3.63) is 33.9 Å². The summed E-state index contributed by atoms with van der Waals surface area (Å²) >= 11 is 1.56. The van der Waals surface area contributed by atoms with Gasteiger partial charge in [-0.3, -0.25) is 0 Å². The highest BCUT2D eigenvalue weighted by Crippen LogP contribution is 2.20. The van der Waals surface area contributed by atoms with Crippen molar-refractivity contribution in [1.29, 1.82) is 0 Å². The lowest BCUT2D eigenvalue weighted by Crippen LogP contribution is -2.37. The third-order valence-electron chi connectivity index (χ3n) is 4.22. The van der Waals surface area contributed by atoms with Crippen LogP contribution in [0.2, 0.25) is 0 Å². The first-order chi connectivity index (χ1) is 12.0. The molecule has 0 spiro atoms. The molecule has 2 amide bonds. The highest BCUT2D eigenvalue weighted by atomic mass is 32.1. The van der Waals surface area contributed by atoms with Crippen molar-refractivity contribution >= 4 is 28.9 Å². The van der Waals surface area contributed by atoms with Crippen LogP contribution in [-0.2, 0) is 11.3 Å². The van der Waals surface area contributed by atoms with Gasteiger partial charge >= 0.3 is 6.03 Å². The Balaban J connectivity index is 1.63. The molecule has 0 unspecified atom stereocenters. The molecule has 8 heteroatoms. The summed E-state index contributed by atoms with van der Waals surface area (Å²) in [5.41, 5.74) is 4.31. The van der Waals surface area contributed by atoms with Crippen LogP contribution in [-0.4, -0.2) is 54.2 Å². The minimum atomic E-state index is -0.156. The average Bonchev–Trinajstić information content (AvgIpc) is 3.02. The molecule has 3 rings (SSSR count). The molecule has 134 valence electrons. The number of anilines is 2. The first-order valence-corrected chi connectivity index (χ1v) is 9.14. The minimum absolute atomic E-state index is 0.156. The Morgan fingerprint density at radius 2 is 2.08 bits per heavy atom. The van der Waals surface area contributed by atoms with Crippen molar-refractivity contribution in [2.45, 2.75) is 20.4 Å². The number of carbonyl (C=O) groups is 1. The molecule has 0 radical (unpaired) electrons. The molecule has 3 heterocycles. The van der Waals surface area contributed by atoms with Gasteiger partial charge in [-0.15, -0.1) is 11.3 Å². The molecular weight excluding hydrogens is 338 g/mol. The molecule has 7 nitrogen and oxygen atoms in total. The standard InChI is InChI=1S/C17H23N5O2S/c1-12-14(4-5-16(19-12)22-6-8-24-9-7-22)20-17(23)21(3)10-15-13(2)18-11-25-15/h4-5,11H,6-10H2,1-3H3,(H,20,23). The van der Waals surface area contributed by atoms with Gasteiger partial charge in [-0.25, -0.2) is 14.8 Å². The van der Waals surface area contributed by atoms with E-state index < -0.39 is 0 Å². The highest BCUT2D eigenvalue weighted by Gasteiger charge is 2.16. The quantitative estimate of drug-likeness (QED) is 0.906. The molecule has 0 atom stereocenters. The lowest BCUT2D eigenvalue weighted by atomic mass is 10.3. The molecule has 0 bridgehead atoms. The number of aromatic nitrogens is 2. The molecule has 25 heavy (non-hydrogen) atoms. The Morgan fingerprint density at radius 1 is 1.32 bits per heavy atom. The summed E-state index contributed by atoms with van der Waals surface area (Å²) in [6.45, 7) is 7.54. The van der Waals surface area contributed by atoms with Crippen molar-refractivity contribution in [1.82, 2.24) is 14.9 Å². The lowest BCUT2D eigenvalue weighted by molar-refractivity contribution is 0.122. The Morgan fingerprint density at radius 3 is 2.72 bits per heavy atom. The number of urea groups is 1. The van der Waals surface area contributed by atoms with E-state index >= 15 is 0 Å². The van der Waals surface area contributed by atoms with Gasteiger partial charge in [0.15, 0.2) is 0 Å². The number of nitrogens with zero attached hydrogens (tertiary/aromatic N) is 4. The molecule has 0 saturated carbocycles. The van der Waals surface area contributed by atoms with Gasteiger partial charge in [0.1, 0.15) is 5.82 Å². The lowest BCUT2D eigenvalue weighted by Gasteiger charge is -2.28. The van der Waals surface area contributed by atoms with E-state index in [0.29, 0.717) is 6.54 Å². The number of amides is 2. The number of hydrogen-bond donors (Lipinski definition) is 1. The average molecular weight is 361 g/mol. The fraction of sp³-hybridized carbons (Fsp3) is 0.471. The van der Waals surface area contributed by atoms with Gasteiger partial charge in [-0.2, -0.15) is 0 Å². The first-order valence-electron chi connectivity index (χ1n) is 8.26. The highest BCUT2D eigenvalue weighted by molar-refractivity contribution is 7.09. The molecule has 2 aromatic heterocycles. The maximum Gasteiger partial charge on any atom is 0.321 e. The zero-order valence-corrected chi connectivity index (χ0v) is 15.6. The van der Waals surface area contributed by atoms with Crippen molar-refractivity contribution in [2.75, 3.05) is 43.6 Å². The molecule has 0 aromatic carbocycles. The van der Waals surface area contributed by atoms with Crippen molar-refractivity contribution in [3.8, 4) is 0 Å². The number of hydrogen-bond acceptors (Lipinski definition) is 6. The van der Waals surface area contributed by atoms with Crippen molar-refractivity contribution < 1.29 is 9.53 Å². The molecule has 1 aliphatic heterocycles. The third-order valence-corrected chi connectivity index (χ3v) is 5.14. The van der Waals surface area contributed by atoms with Crippen LogP contribution in [0, 0.1) is 13.8 Å². The van der Waals surface area contributed by atoms with E-state index in [-0.39, 0.29) is 6.03 Å². The van der Waals surface area contributed by atoms with Crippen LogP contribution < -0.4 is 10.2 Å². The van der Waals surface area contributed by atoms with Gasteiger partial charge in [-0.1, -0.05) is 0 Å². The molecule has 1 N–H and O–H groups in total. The van der Waals surface area contributed by atoms with Gasteiger partial charge in [0.2, 0.25) is 0 Å². The second kappa shape index (κ2) is 7.79. The van der Waals surface area contributed by atoms with E-state index in [4.69, 9.17) is 4.74 Å². The predicted molar refractivity (Wildman–Crippen MR) is 99.3 cm³/mol. The third kappa shape index (κ3) is 4.26. The molecular formula is C17H23N5O2S. The van der Waals surface area contributed by atoms with E-state index in [1.807, 2.05) is 26.0 Å². The van der Waals surface area contributed by atoms with Crippen LogP contribution in [0.4, 0.5) is 16.3 Å². The van der Waals surface area contributed by atoms with E-state index in [2.05, 4.69) is 20.2 Å². The van der Waals surface area contributed by atoms with Crippen molar-refractivity contribution in [2.24, 2.45) is 0 Å². The number of aryl methyl sites for hydroxylation is 2. The zero-order valence-electron chi connectivity index (χ0n) is 14.8. The number of pyridine rings is 1. The Labute approximate surface area is 151 Å². The Kier molecular flexibility index (Phi) is 5.50. The van der Waals surface area contributed by atoms with Crippen LogP contribution in [0.5, 0.6) is 0 Å². The van der Waals surface area contributed by atoms with Gasteiger partial charge in [-0.05, 0) is 26.0 Å². The van der Waals surface area contributed by atoms with Crippen LogP contribution in [0.25, 0.3) is 0 Å². The van der Waals surface area contributed by atoms with Gasteiger partial charge in [0.25, 0.3) is 0 Å². The second-order valence-electron chi connectivity index (χ2n) is 6.05. The Bertz CT molecular complexity index is 742. The van der Waals surface area contributed by atoms with Gasteiger partial charge in [0.05, 0.1) is 42.3 Å². The number of rotatable bonds is 4. The Hall–Kier alpha value is -2.19. The summed E-state index contributed by atoms with van der Waals surface area (Å²) in [6, 6.07) is 3.70. The summed E-state index contributed by atoms with van der Waals surface area (Å²) in [5, 5.41) is 2.94. The fourth-order valence-electron chi connectivity index (χ4n) is 2.62. The van der Waals surface area contributed by atoms with Crippen LogP contribution in [0.3, 0.4) is 0 Å². The minimum Gasteiger partial charge on any atom is -0.378 e. The predicted octanol–water partition coefficient (Wildman–Crippen LogP) is 2.66. The summed E-state index contributed by atoms with van der Waals surface area (Å²) in [7, 11) is 1.78.